The quantitative estimate of drug-likeness (QED) is 0.436. The van der Waals surface area contributed by atoms with Gasteiger partial charge in [-0.2, -0.15) is 0 Å². The van der Waals surface area contributed by atoms with Crippen LogP contribution in [0.1, 0.15) is 19.2 Å². The predicted molar refractivity (Wildman–Crippen MR) is 108 cm³/mol. The van der Waals surface area contributed by atoms with Gasteiger partial charge < -0.3 is 24.3 Å². The number of aromatic nitrogens is 2. The average molecular weight is 374 g/mol. The minimum absolute atomic E-state index is 0.543. The van der Waals surface area contributed by atoms with Crippen LogP contribution >= 0.6 is 0 Å². The molecule has 1 atom stereocenters. The number of aliphatic imine (C=N–C) groups is 1. The van der Waals surface area contributed by atoms with E-state index >= 15 is 0 Å². The molecule has 3 rings (SSSR count). The average Bonchev–Trinajstić information content (AvgIpc) is 3.28. The Morgan fingerprint density at radius 2 is 2.19 bits per heavy atom. The molecule has 0 bridgehead atoms. The lowest BCUT2D eigenvalue weighted by Crippen LogP contribution is -2.40. The SMILES string of the molecule is CCNC(=NCc1nc2ccccc2n1C)N1CCC(COCCOC)C1. The lowest BCUT2D eigenvalue weighted by atomic mass is 10.1. The molecule has 0 aliphatic carbocycles. The van der Waals surface area contributed by atoms with Crippen LogP contribution in [-0.4, -0.2) is 67.0 Å². The van der Waals surface area contributed by atoms with E-state index in [4.69, 9.17) is 19.5 Å². The Morgan fingerprint density at radius 3 is 2.96 bits per heavy atom. The first-order valence-corrected chi connectivity index (χ1v) is 9.73. The van der Waals surface area contributed by atoms with Crippen molar-refractivity contribution in [3.8, 4) is 0 Å². The van der Waals surface area contributed by atoms with E-state index in [-0.39, 0.29) is 0 Å². The highest BCUT2D eigenvalue weighted by atomic mass is 16.5. The highest BCUT2D eigenvalue weighted by Crippen LogP contribution is 2.18. The first-order chi connectivity index (χ1) is 13.2. The van der Waals surface area contributed by atoms with Crippen LogP contribution in [0.15, 0.2) is 29.3 Å². The van der Waals surface area contributed by atoms with Crippen LogP contribution in [0.3, 0.4) is 0 Å². The Kier molecular flexibility index (Phi) is 7.06. The van der Waals surface area contributed by atoms with E-state index in [2.05, 4.69) is 34.8 Å². The molecule has 1 aromatic heterocycles. The molecule has 1 aromatic carbocycles. The number of para-hydroxylation sites is 2. The Labute approximate surface area is 161 Å². The number of guanidine groups is 1. The third kappa shape index (κ3) is 4.99. The third-order valence-electron chi connectivity index (χ3n) is 4.96. The maximum atomic E-state index is 5.70. The summed E-state index contributed by atoms with van der Waals surface area (Å²) in [5, 5.41) is 3.42. The molecule has 1 N–H and O–H groups in total. The second-order valence-corrected chi connectivity index (χ2v) is 6.91. The number of nitrogens with one attached hydrogen (secondary N) is 1. The summed E-state index contributed by atoms with van der Waals surface area (Å²) >= 11 is 0. The molecule has 0 spiro atoms. The van der Waals surface area contributed by atoms with Gasteiger partial charge in [-0.3, -0.25) is 0 Å². The van der Waals surface area contributed by atoms with E-state index in [0.717, 1.165) is 55.5 Å². The Bertz CT molecular complexity index is 758. The highest BCUT2D eigenvalue weighted by molar-refractivity contribution is 5.80. The monoisotopic (exact) mass is 373 g/mol. The van der Waals surface area contributed by atoms with Crippen LogP contribution < -0.4 is 5.32 Å². The largest absolute Gasteiger partial charge is 0.382 e. The molecular weight excluding hydrogens is 342 g/mol. The lowest BCUT2D eigenvalue weighted by Gasteiger charge is -2.21. The maximum Gasteiger partial charge on any atom is 0.194 e. The van der Waals surface area contributed by atoms with Gasteiger partial charge in [-0.1, -0.05) is 12.1 Å². The van der Waals surface area contributed by atoms with Gasteiger partial charge in [-0.05, 0) is 25.5 Å². The number of hydrogen-bond donors (Lipinski definition) is 1. The summed E-state index contributed by atoms with van der Waals surface area (Å²) < 4.78 is 12.9. The zero-order valence-corrected chi connectivity index (χ0v) is 16.6. The van der Waals surface area contributed by atoms with E-state index in [0.29, 0.717) is 25.7 Å². The van der Waals surface area contributed by atoms with Crippen molar-refractivity contribution < 1.29 is 9.47 Å². The molecule has 1 aliphatic heterocycles. The van der Waals surface area contributed by atoms with Gasteiger partial charge in [0.1, 0.15) is 12.4 Å². The summed E-state index contributed by atoms with van der Waals surface area (Å²) in [6.07, 6.45) is 1.13. The standard InChI is InChI=1S/C20H31N5O2/c1-4-21-20(25-10-9-16(14-25)15-27-12-11-26-3)22-13-19-23-17-7-5-6-8-18(17)24(19)2/h5-8,16H,4,9-15H2,1-3H3,(H,21,22). The molecule has 1 fully saturated rings. The first-order valence-electron chi connectivity index (χ1n) is 9.73. The van der Waals surface area contributed by atoms with Gasteiger partial charge in [0.25, 0.3) is 0 Å². The molecule has 0 amide bonds. The van der Waals surface area contributed by atoms with Gasteiger partial charge in [-0.15, -0.1) is 0 Å². The van der Waals surface area contributed by atoms with Crippen LogP contribution in [0.4, 0.5) is 0 Å². The normalized spacial score (nSPS) is 17.8. The second kappa shape index (κ2) is 9.71. The second-order valence-electron chi connectivity index (χ2n) is 6.91. The third-order valence-corrected chi connectivity index (χ3v) is 4.96. The number of benzene rings is 1. The number of likely N-dealkylation sites (tertiary alicyclic amines) is 1. The van der Waals surface area contributed by atoms with Gasteiger partial charge in [0, 0.05) is 39.7 Å². The molecule has 0 radical (unpaired) electrons. The zero-order valence-electron chi connectivity index (χ0n) is 16.6. The molecule has 7 heteroatoms. The van der Waals surface area contributed by atoms with Crippen molar-refractivity contribution in [2.45, 2.75) is 19.9 Å². The zero-order chi connectivity index (χ0) is 19.1. The van der Waals surface area contributed by atoms with Crippen LogP contribution in [0, 0.1) is 5.92 Å². The van der Waals surface area contributed by atoms with Crippen LogP contribution in [0.25, 0.3) is 11.0 Å². The van der Waals surface area contributed by atoms with Crippen molar-refractivity contribution in [1.29, 1.82) is 0 Å². The summed E-state index contributed by atoms with van der Waals surface area (Å²) in [5.74, 6) is 2.48. The first kappa shape index (κ1) is 19.6. The van der Waals surface area contributed by atoms with Crippen molar-refractivity contribution >= 4 is 17.0 Å². The molecule has 27 heavy (non-hydrogen) atoms. The summed E-state index contributed by atoms with van der Waals surface area (Å²) in [6.45, 7) is 7.60. The number of aryl methyl sites for hydroxylation is 1. The molecule has 1 saturated heterocycles. The number of nitrogens with zero attached hydrogens (tertiary/aromatic N) is 4. The Hall–Kier alpha value is -2.12. The van der Waals surface area contributed by atoms with Gasteiger partial charge in [-0.25, -0.2) is 9.98 Å². The number of rotatable bonds is 8. The Balaban J connectivity index is 1.62. The molecule has 2 heterocycles. The minimum Gasteiger partial charge on any atom is -0.382 e. The number of fused-ring (bicyclic) bond motifs is 1. The molecule has 148 valence electrons. The number of imidazole rings is 1. The van der Waals surface area contributed by atoms with Gasteiger partial charge in [0.2, 0.25) is 0 Å². The molecular formula is C20H31N5O2. The van der Waals surface area contributed by atoms with Crippen molar-refractivity contribution in [3.63, 3.8) is 0 Å². The Morgan fingerprint density at radius 1 is 1.33 bits per heavy atom. The maximum absolute atomic E-state index is 5.70. The summed E-state index contributed by atoms with van der Waals surface area (Å²) in [7, 11) is 3.75. The highest BCUT2D eigenvalue weighted by Gasteiger charge is 2.25. The summed E-state index contributed by atoms with van der Waals surface area (Å²) in [4.78, 5) is 11.9. The number of methoxy groups -OCH3 is 1. The van der Waals surface area contributed by atoms with Crippen molar-refractivity contribution in [2.75, 3.05) is 46.6 Å². The fourth-order valence-corrected chi connectivity index (χ4v) is 3.46. The van der Waals surface area contributed by atoms with E-state index < -0.39 is 0 Å². The van der Waals surface area contributed by atoms with E-state index in [1.54, 1.807) is 7.11 Å². The van der Waals surface area contributed by atoms with E-state index in [9.17, 15) is 0 Å². The molecule has 1 aliphatic rings. The van der Waals surface area contributed by atoms with Crippen LogP contribution in [-0.2, 0) is 23.1 Å². The van der Waals surface area contributed by atoms with Crippen LogP contribution in [0.5, 0.6) is 0 Å². The summed E-state index contributed by atoms with van der Waals surface area (Å²) in [6, 6.07) is 8.20. The van der Waals surface area contributed by atoms with Gasteiger partial charge in [0.05, 0.1) is 30.9 Å². The predicted octanol–water partition coefficient (Wildman–Crippen LogP) is 2.02. The van der Waals surface area contributed by atoms with E-state index in [1.165, 1.54) is 0 Å². The molecule has 2 aromatic rings. The summed E-state index contributed by atoms with van der Waals surface area (Å²) in [5.41, 5.74) is 2.16. The molecule has 0 saturated carbocycles. The minimum atomic E-state index is 0.543. The van der Waals surface area contributed by atoms with Crippen molar-refractivity contribution in [3.05, 3.63) is 30.1 Å². The molecule has 1 unspecified atom stereocenters. The fourth-order valence-electron chi connectivity index (χ4n) is 3.46. The van der Waals surface area contributed by atoms with Gasteiger partial charge in [0.15, 0.2) is 5.96 Å². The lowest BCUT2D eigenvalue weighted by molar-refractivity contribution is 0.0536. The molecule has 7 nitrogen and oxygen atoms in total. The van der Waals surface area contributed by atoms with Crippen LogP contribution in [0.2, 0.25) is 0 Å². The topological polar surface area (TPSA) is 63.9 Å². The van der Waals surface area contributed by atoms with Crippen molar-refractivity contribution in [2.24, 2.45) is 18.0 Å². The van der Waals surface area contributed by atoms with Gasteiger partial charge >= 0.3 is 0 Å². The smallest absolute Gasteiger partial charge is 0.194 e. The van der Waals surface area contributed by atoms with E-state index in [1.807, 2.05) is 18.2 Å². The fraction of sp³-hybridized carbons (Fsp3) is 0.600. The number of hydrogen-bond acceptors (Lipinski definition) is 4. The number of ether oxygens (including phenoxy) is 2. The van der Waals surface area contributed by atoms with Crippen molar-refractivity contribution in [1.82, 2.24) is 19.8 Å².